The number of nitrogens with one attached hydrogen (secondary N) is 1. The van der Waals surface area contributed by atoms with Crippen molar-refractivity contribution in [3.05, 3.63) is 23.9 Å². The van der Waals surface area contributed by atoms with Gasteiger partial charge in [0.2, 0.25) is 0 Å². The summed E-state index contributed by atoms with van der Waals surface area (Å²) in [4.78, 5) is 29.7. The van der Waals surface area contributed by atoms with Gasteiger partial charge in [0.1, 0.15) is 11.4 Å². The number of esters is 1. The average Bonchev–Trinajstić information content (AvgIpc) is 2.55. The van der Waals surface area contributed by atoms with Crippen molar-refractivity contribution in [3.63, 3.8) is 0 Å². The van der Waals surface area contributed by atoms with Gasteiger partial charge in [0.25, 0.3) is 0 Å². The number of carbonyl (C=O) groups excluding carboxylic acids is 2. The molecule has 2 rings (SSSR count). The maximum atomic E-state index is 12.1. The van der Waals surface area contributed by atoms with Gasteiger partial charge in [-0.1, -0.05) is 0 Å². The SMILES string of the molecule is CCOC(=O)c1ccc(NC2CCN(C(=O)OC(C)(C)C)CC2)nc1. The number of hydrogen-bond acceptors (Lipinski definition) is 6. The third kappa shape index (κ3) is 5.92. The molecular weight excluding hydrogens is 322 g/mol. The first kappa shape index (κ1) is 19.0. The number of ether oxygens (including phenoxy) is 2. The van der Waals surface area contributed by atoms with Gasteiger partial charge < -0.3 is 19.7 Å². The standard InChI is InChI=1S/C18H27N3O4/c1-5-24-16(22)13-6-7-15(19-12-13)20-14-8-10-21(11-9-14)17(23)25-18(2,3)4/h6-7,12,14H,5,8-11H2,1-4H3,(H,19,20). The van der Waals surface area contributed by atoms with Crippen LogP contribution in [0, 0.1) is 0 Å². The molecule has 1 aliphatic heterocycles. The first-order valence-corrected chi connectivity index (χ1v) is 8.66. The van der Waals surface area contributed by atoms with E-state index >= 15 is 0 Å². The molecule has 25 heavy (non-hydrogen) atoms. The molecule has 2 heterocycles. The summed E-state index contributed by atoms with van der Waals surface area (Å²) < 4.78 is 10.3. The second-order valence-corrected chi connectivity index (χ2v) is 7.04. The molecule has 0 atom stereocenters. The number of anilines is 1. The van der Waals surface area contributed by atoms with Crippen LogP contribution in [-0.2, 0) is 9.47 Å². The lowest BCUT2D eigenvalue weighted by Gasteiger charge is -2.33. The summed E-state index contributed by atoms with van der Waals surface area (Å²) in [6.45, 7) is 9.00. The maximum Gasteiger partial charge on any atom is 0.410 e. The molecule has 0 aliphatic carbocycles. The lowest BCUT2D eigenvalue weighted by atomic mass is 10.1. The highest BCUT2D eigenvalue weighted by atomic mass is 16.6. The fourth-order valence-electron chi connectivity index (χ4n) is 2.56. The predicted octanol–water partition coefficient (Wildman–Crippen LogP) is 3.07. The number of aromatic nitrogens is 1. The van der Waals surface area contributed by atoms with Crippen molar-refractivity contribution in [2.75, 3.05) is 25.0 Å². The second kappa shape index (κ2) is 8.18. The van der Waals surface area contributed by atoms with E-state index in [0.717, 1.165) is 12.8 Å². The molecule has 1 fully saturated rings. The smallest absolute Gasteiger partial charge is 0.410 e. The Morgan fingerprint density at radius 1 is 1.28 bits per heavy atom. The quantitative estimate of drug-likeness (QED) is 0.842. The van der Waals surface area contributed by atoms with Crippen LogP contribution < -0.4 is 5.32 Å². The summed E-state index contributed by atoms with van der Waals surface area (Å²) in [6, 6.07) is 3.70. The number of piperidine rings is 1. The molecule has 7 heteroatoms. The molecule has 0 aromatic carbocycles. The minimum Gasteiger partial charge on any atom is -0.462 e. The van der Waals surface area contributed by atoms with Crippen molar-refractivity contribution < 1.29 is 19.1 Å². The average molecular weight is 349 g/mol. The van der Waals surface area contributed by atoms with Gasteiger partial charge in [0, 0.05) is 25.3 Å². The Morgan fingerprint density at radius 2 is 1.96 bits per heavy atom. The maximum absolute atomic E-state index is 12.1. The molecule has 1 saturated heterocycles. The molecule has 0 saturated carbocycles. The van der Waals surface area contributed by atoms with E-state index in [1.165, 1.54) is 6.20 Å². The normalized spacial score (nSPS) is 15.6. The van der Waals surface area contributed by atoms with Crippen molar-refractivity contribution in [3.8, 4) is 0 Å². The topological polar surface area (TPSA) is 80.8 Å². The van der Waals surface area contributed by atoms with Gasteiger partial charge >= 0.3 is 12.1 Å². The van der Waals surface area contributed by atoms with Crippen molar-refractivity contribution in [2.24, 2.45) is 0 Å². The van der Waals surface area contributed by atoms with E-state index in [9.17, 15) is 9.59 Å². The number of rotatable bonds is 4. The van der Waals surface area contributed by atoms with Gasteiger partial charge in [-0.05, 0) is 52.7 Å². The zero-order valence-corrected chi connectivity index (χ0v) is 15.4. The summed E-state index contributed by atoms with van der Waals surface area (Å²) in [5.41, 5.74) is -0.0383. The zero-order chi connectivity index (χ0) is 18.4. The Morgan fingerprint density at radius 3 is 2.48 bits per heavy atom. The van der Waals surface area contributed by atoms with Gasteiger partial charge in [-0.25, -0.2) is 14.6 Å². The highest BCUT2D eigenvalue weighted by Gasteiger charge is 2.26. The van der Waals surface area contributed by atoms with Gasteiger partial charge in [-0.15, -0.1) is 0 Å². The Labute approximate surface area is 148 Å². The molecular formula is C18H27N3O4. The van der Waals surface area contributed by atoms with E-state index < -0.39 is 5.60 Å². The van der Waals surface area contributed by atoms with Crippen LogP contribution in [0.25, 0.3) is 0 Å². The zero-order valence-electron chi connectivity index (χ0n) is 15.4. The summed E-state index contributed by atoms with van der Waals surface area (Å²) in [5.74, 6) is 0.344. The summed E-state index contributed by atoms with van der Waals surface area (Å²) >= 11 is 0. The monoisotopic (exact) mass is 349 g/mol. The highest BCUT2D eigenvalue weighted by molar-refractivity contribution is 5.89. The van der Waals surface area contributed by atoms with Gasteiger partial charge in [0.15, 0.2) is 0 Å². The molecule has 1 aromatic heterocycles. The van der Waals surface area contributed by atoms with E-state index in [4.69, 9.17) is 9.47 Å². The molecule has 1 aromatic rings. The third-order valence-corrected chi connectivity index (χ3v) is 3.77. The van der Waals surface area contributed by atoms with Crippen LogP contribution in [-0.4, -0.2) is 53.3 Å². The Hall–Kier alpha value is -2.31. The Balaban J connectivity index is 1.82. The lowest BCUT2D eigenvalue weighted by Crippen LogP contribution is -2.44. The van der Waals surface area contributed by atoms with Crippen LogP contribution in [0.4, 0.5) is 10.6 Å². The fraction of sp³-hybridized carbons (Fsp3) is 0.611. The summed E-state index contributed by atoms with van der Waals surface area (Å²) in [7, 11) is 0. The van der Waals surface area contributed by atoms with Crippen LogP contribution >= 0.6 is 0 Å². The van der Waals surface area contributed by atoms with Gasteiger partial charge in [-0.3, -0.25) is 0 Å². The van der Waals surface area contributed by atoms with E-state index in [1.807, 2.05) is 20.8 Å². The van der Waals surface area contributed by atoms with Crippen molar-refractivity contribution in [2.45, 2.75) is 52.2 Å². The third-order valence-electron chi connectivity index (χ3n) is 3.77. The molecule has 0 radical (unpaired) electrons. The molecule has 1 aliphatic rings. The molecule has 138 valence electrons. The molecule has 1 N–H and O–H groups in total. The van der Waals surface area contributed by atoms with Crippen molar-refractivity contribution in [1.82, 2.24) is 9.88 Å². The summed E-state index contributed by atoms with van der Waals surface area (Å²) in [5, 5.41) is 3.34. The fourth-order valence-corrected chi connectivity index (χ4v) is 2.56. The van der Waals surface area contributed by atoms with Crippen LogP contribution in [0.2, 0.25) is 0 Å². The number of hydrogen-bond donors (Lipinski definition) is 1. The van der Waals surface area contributed by atoms with Gasteiger partial charge in [0.05, 0.1) is 12.2 Å². The number of pyridine rings is 1. The molecule has 0 bridgehead atoms. The van der Waals surface area contributed by atoms with Crippen molar-refractivity contribution >= 4 is 17.9 Å². The molecule has 0 unspecified atom stereocenters. The highest BCUT2D eigenvalue weighted by Crippen LogP contribution is 2.18. The van der Waals surface area contributed by atoms with E-state index in [2.05, 4.69) is 10.3 Å². The first-order valence-electron chi connectivity index (χ1n) is 8.66. The molecule has 0 spiro atoms. The van der Waals surface area contributed by atoms with Crippen LogP contribution in [0.1, 0.15) is 50.9 Å². The van der Waals surface area contributed by atoms with E-state index in [1.54, 1.807) is 24.0 Å². The van der Waals surface area contributed by atoms with E-state index in [0.29, 0.717) is 31.1 Å². The number of carbonyl (C=O) groups is 2. The van der Waals surface area contributed by atoms with Crippen LogP contribution in [0.5, 0.6) is 0 Å². The Bertz CT molecular complexity index is 587. The largest absolute Gasteiger partial charge is 0.462 e. The molecule has 1 amide bonds. The molecule has 7 nitrogen and oxygen atoms in total. The Kier molecular flexibility index (Phi) is 6.22. The van der Waals surface area contributed by atoms with Gasteiger partial charge in [-0.2, -0.15) is 0 Å². The number of nitrogens with zero attached hydrogens (tertiary/aromatic N) is 2. The number of amides is 1. The van der Waals surface area contributed by atoms with Crippen LogP contribution in [0.15, 0.2) is 18.3 Å². The predicted molar refractivity (Wildman–Crippen MR) is 94.6 cm³/mol. The van der Waals surface area contributed by atoms with Crippen LogP contribution in [0.3, 0.4) is 0 Å². The minimum absolute atomic E-state index is 0.236. The summed E-state index contributed by atoms with van der Waals surface area (Å²) in [6.07, 6.45) is 2.89. The number of likely N-dealkylation sites (tertiary alicyclic amines) is 1. The minimum atomic E-state index is -0.475. The van der Waals surface area contributed by atoms with Crippen molar-refractivity contribution in [1.29, 1.82) is 0 Å². The first-order chi connectivity index (χ1) is 11.8. The second-order valence-electron chi connectivity index (χ2n) is 7.04. The lowest BCUT2D eigenvalue weighted by molar-refractivity contribution is 0.0210. The van der Waals surface area contributed by atoms with E-state index in [-0.39, 0.29) is 18.1 Å².